The molecule has 1 saturated heterocycles. The second-order valence-corrected chi connectivity index (χ2v) is 9.07. The summed E-state index contributed by atoms with van der Waals surface area (Å²) < 4.78 is 5.25. The molecular weight excluding hydrogens is 448 g/mol. The van der Waals surface area contributed by atoms with Gasteiger partial charge in [-0.25, -0.2) is 14.4 Å². The van der Waals surface area contributed by atoms with Crippen LogP contribution in [0.1, 0.15) is 51.1 Å². The predicted molar refractivity (Wildman–Crippen MR) is 120 cm³/mol. The van der Waals surface area contributed by atoms with Gasteiger partial charge in [0.25, 0.3) is 5.91 Å². The third-order valence-corrected chi connectivity index (χ3v) is 6.92. The minimum atomic E-state index is -0.938. The highest BCUT2D eigenvalue weighted by Crippen LogP contribution is 2.39. The third kappa shape index (κ3) is 4.17. The summed E-state index contributed by atoms with van der Waals surface area (Å²) >= 11 is 5.99. The molecule has 1 aliphatic carbocycles. The van der Waals surface area contributed by atoms with Gasteiger partial charge in [-0.1, -0.05) is 43.5 Å². The molecular formula is C23H27ClN4O5. The summed E-state index contributed by atoms with van der Waals surface area (Å²) in [6.45, 7) is 3.52. The van der Waals surface area contributed by atoms with Gasteiger partial charge >= 0.3 is 18.0 Å². The Bertz CT molecular complexity index is 1020. The van der Waals surface area contributed by atoms with Gasteiger partial charge in [0.05, 0.1) is 30.5 Å². The Morgan fingerprint density at radius 3 is 2.61 bits per heavy atom. The molecule has 9 nitrogen and oxygen atoms in total. The van der Waals surface area contributed by atoms with Gasteiger partial charge in [-0.05, 0) is 43.4 Å². The summed E-state index contributed by atoms with van der Waals surface area (Å²) in [4.78, 5) is 52.8. The van der Waals surface area contributed by atoms with E-state index in [0.717, 1.165) is 24.2 Å². The highest BCUT2D eigenvalue weighted by Gasteiger charge is 2.55. The maximum Gasteiger partial charge on any atom is 0.338 e. The van der Waals surface area contributed by atoms with Crippen molar-refractivity contribution in [2.24, 2.45) is 5.92 Å². The molecule has 5 amide bonds. The topological polar surface area (TPSA) is 117 Å². The lowest BCUT2D eigenvalue weighted by Gasteiger charge is -2.37. The van der Waals surface area contributed by atoms with Crippen LogP contribution in [0.25, 0.3) is 0 Å². The van der Waals surface area contributed by atoms with Crippen molar-refractivity contribution < 1.29 is 23.9 Å². The van der Waals surface area contributed by atoms with E-state index < -0.39 is 29.6 Å². The number of halogens is 1. The summed E-state index contributed by atoms with van der Waals surface area (Å²) in [6, 6.07) is 4.79. The predicted octanol–water partition coefficient (Wildman–Crippen LogP) is 3.01. The second-order valence-electron chi connectivity index (χ2n) is 8.64. The number of amides is 5. The zero-order valence-electron chi connectivity index (χ0n) is 18.6. The van der Waals surface area contributed by atoms with Crippen molar-refractivity contribution in [3.05, 3.63) is 46.1 Å². The largest absolute Gasteiger partial charge is 0.463 e. The molecule has 1 spiro atoms. The van der Waals surface area contributed by atoms with Crippen LogP contribution in [-0.4, -0.2) is 47.5 Å². The van der Waals surface area contributed by atoms with Crippen molar-refractivity contribution in [3.63, 3.8) is 0 Å². The van der Waals surface area contributed by atoms with Crippen molar-refractivity contribution in [2.45, 2.75) is 51.1 Å². The summed E-state index contributed by atoms with van der Waals surface area (Å²) in [6.07, 6.45) is 3.27. The van der Waals surface area contributed by atoms with Gasteiger partial charge in [0, 0.05) is 5.02 Å². The van der Waals surface area contributed by atoms with Crippen LogP contribution in [0.3, 0.4) is 0 Å². The van der Waals surface area contributed by atoms with Crippen LogP contribution in [0.4, 0.5) is 9.59 Å². The van der Waals surface area contributed by atoms with Gasteiger partial charge in [0.2, 0.25) is 0 Å². The molecule has 0 aromatic heterocycles. The molecule has 3 unspecified atom stereocenters. The summed E-state index contributed by atoms with van der Waals surface area (Å²) in [5.41, 5.74) is -0.0329. The summed E-state index contributed by atoms with van der Waals surface area (Å²) in [7, 11) is 0. The quantitative estimate of drug-likeness (QED) is 0.448. The number of imide groups is 1. The van der Waals surface area contributed by atoms with Gasteiger partial charge < -0.3 is 20.7 Å². The number of ether oxygens (including phenoxy) is 1. The first-order chi connectivity index (χ1) is 15.8. The summed E-state index contributed by atoms with van der Waals surface area (Å²) in [5.74, 6) is -0.977. The Balaban J connectivity index is 1.72. The van der Waals surface area contributed by atoms with E-state index >= 15 is 0 Å². The van der Waals surface area contributed by atoms with Crippen LogP contribution in [0, 0.1) is 5.92 Å². The van der Waals surface area contributed by atoms with Crippen LogP contribution < -0.4 is 16.0 Å². The molecule has 10 heteroatoms. The number of carbonyl (C=O) groups is 4. The monoisotopic (exact) mass is 474 g/mol. The highest BCUT2D eigenvalue weighted by molar-refractivity contribution is 6.30. The molecule has 2 heterocycles. The SMILES string of the molecule is CCOC(=O)C1=C(CN2C(=O)NC3(CCCCC3C)C2=O)NC(=O)NC1c1ccc(Cl)cc1. The highest BCUT2D eigenvalue weighted by atomic mass is 35.5. The molecule has 176 valence electrons. The van der Waals surface area contributed by atoms with E-state index in [-0.39, 0.29) is 36.2 Å². The van der Waals surface area contributed by atoms with Crippen molar-refractivity contribution >= 4 is 35.5 Å². The van der Waals surface area contributed by atoms with Crippen LogP contribution in [0.5, 0.6) is 0 Å². The molecule has 0 bridgehead atoms. The number of nitrogens with one attached hydrogen (secondary N) is 3. The lowest BCUT2D eigenvalue weighted by molar-refractivity contribution is -0.139. The van der Waals surface area contributed by atoms with E-state index in [2.05, 4.69) is 16.0 Å². The fourth-order valence-corrected chi connectivity index (χ4v) is 5.02. The lowest BCUT2D eigenvalue weighted by Crippen LogP contribution is -2.54. The first kappa shape index (κ1) is 23.1. The third-order valence-electron chi connectivity index (χ3n) is 6.67. The molecule has 3 atom stereocenters. The maximum absolute atomic E-state index is 13.4. The van der Waals surface area contributed by atoms with Gasteiger partial charge in [0.15, 0.2) is 0 Å². The molecule has 1 aromatic rings. The first-order valence-corrected chi connectivity index (χ1v) is 11.5. The normalized spacial score (nSPS) is 27.4. The zero-order valence-corrected chi connectivity index (χ0v) is 19.3. The molecule has 3 N–H and O–H groups in total. The molecule has 1 aromatic carbocycles. The van der Waals surface area contributed by atoms with Crippen molar-refractivity contribution in [3.8, 4) is 0 Å². The van der Waals surface area contributed by atoms with Crippen LogP contribution in [0.15, 0.2) is 35.5 Å². The van der Waals surface area contributed by atoms with Gasteiger partial charge in [-0.3, -0.25) is 9.69 Å². The van der Waals surface area contributed by atoms with Gasteiger partial charge in [0.1, 0.15) is 5.54 Å². The van der Waals surface area contributed by atoms with Crippen molar-refractivity contribution in [2.75, 3.05) is 13.2 Å². The van der Waals surface area contributed by atoms with E-state index in [1.165, 1.54) is 0 Å². The van der Waals surface area contributed by atoms with E-state index in [4.69, 9.17) is 16.3 Å². The second kappa shape index (κ2) is 9.05. The standard InChI is InChI=1S/C23H27ClN4O5/c1-3-33-19(29)17-16(25-21(31)26-18(17)14-7-9-15(24)10-8-14)12-28-20(30)23(27-22(28)32)11-5-4-6-13(23)2/h7-10,13,18H,3-6,11-12H2,1-2H3,(H,27,32)(H2,25,26,31). The Labute approximate surface area is 196 Å². The smallest absolute Gasteiger partial charge is 0.338 e. The van der Waals surface area contributed by atoms with Crippen LogP contribution in [-0.2, 0) is 14.3 Å². The van der Waals surface area contributed by atoms with Gasteiger partial charge in [-0.15, -0.1) is 0 Å². The zero-order chi connectivity index (χ0) is 23.8. The van der Waals surface area contributed by atoms with Crippen molar-refractivity contribution in [1.29, 1.82) is 0 Å². The van der Waals surface area contributed by atoms with Gasteiger partial charge in [-0.2, -0.15) is 0 Å². The number of hydrogen-bond donors (Lipinski definition) is 3. The molecule has 0 radical (unpaired) electrons. The lowest BCUT2D eigenvalue weighted by atomic mass is 9.73. The van der Waals surface area contributed by atoms with Crippen molar-refractivity contribution in [1.82, 2.24) is 20.9 Å². The fourth-order valence-electron chi connectivity index (χ4n) is 4.89. The average molecular weight is 475 g/mol. The Morgan fingerprint density at radius 2 is 1.94 bits per heavy atom. The maximum atomic E-state index is 13.4. The molecule has 4 rings (SSSR count). The molecule has 3 aliphatic rings. The molecule has 2 aliphatic heterocycles. The molecule has 2 fully saturated rings. The molecule has 33 heavy (non-hydrogen) atoms. The van der Waals surface area contributed by atoms with E-state index in [9.17, 15) is 19.2 Å². The minimum absolute atomic E-state index is 0.00404. The molecule has 1 saturated carbocycles. The minimum Gasteiger partial charge on any atom is -0.463 e. The summed E-state index contributed by atoms with van der Waals surface area (Å²) in [5, 5.41) is 8.74. The van der Waals surface area contributed by atoms with E-state index in [1.807, 2.05) is 6.92 Å². The average Bonchev–Trinajstić information content (AvgIpc) is 3.01. The van der Waals surface area contributed by atoms with Crippen LogP contribution in [0.2, 0.25) is 5.02 Å². The van der Waals surface area contributed by atoms with Crippen LogP contribution >= 0.6 is 11.6 Å². The number of urea groups is 2. The number of esters is 1. The number of rotatable bonds is 5. The first-order valence-electron chi connectivity index (χ1n) is 11.1. The fraction of sp³-hybridized carbons (Fsp3) is 0.478. The number of hydrogen-bond acceptors (Lipinski definition) is 5. The number of carbonyl (C=O) groups excluding carboxylic acids is 4. The Hall–Kier alpha value is -3.07. The Kier molecular flexibility index (Phi) is 6.34. The van der Waals surface area contributed by atoms with E-state index in [0.29, 0.717) is 17.0 Å². The number of nitrogens with zero attached hydrogens (tertiary/aromatic N) is 1. The Morgan fingerprint density at radius 1 is 1.21 bits per heavy atom. The number of benzene rings is 1. The van der Waals surface area contributed by atoms with E-state index in [1.54, 1.807) is 31.2 Å².